The molecule has 1 aliphatic carbocycles. The van der Waals surface area contributed by atoms with Crippen molar-refractivity contribution in [2.75, 3.05) is 23.8 Å². The first-order valence-electron chi connectivity index (χ1n) is 22.3. The van der Waals surface area contributed by atoms with E-state index in [1.807, 2.05) is 0 Å². The van der Waals surface area contributed by atoms with Crippen molar-refractivity contribution in [3.05, 3.63) is 156 Å². The van der Waals surface area contributed by atoms with Gasteiger partial charge in [0.05, 0.1) is 56.7 Å². The van der Waals surface area contributed by atoms with E-state index in [9.17, 15) is 53.6 Å². The zero-order valence-corrected chi connectivity index (χ0v) is 42.4. The van der Waals surface area contributed by atoms with Crippen LogP contribution in [0.25, 0.3) is 32.3 Å². The zero-order valence-electron chi connectivity index (χ0n) is 39.1. The molecule has 8 aromatic carbocycles. The predicted molar refractivity (Wildman–Crippen MR) is 279 cm³/mol. The van der Waals surface area contributed by atoms with Gasteiger partial charge in [0.1, 0.15) is 27.8 Å². The van der Waals surface area contributed by atoms with Crippen LogP contribution in [-0.2, 0) is 39.7 Å². The molecule has 29 heteroatoms. The van der Waals surface area contributed by atoms with Gasteiger partial charge in [-0.15, -0.1) is 19.7 Å². The molecule has 7 N–H and O–H groups in total. The summed E-state index contributed by atoms with van der Waals surface area (Å²) in [5.74, 6) is -1.17. The summed E-state index contributed by atoms with van der Waals surface area (Å²) in [6, 6.07) is 30.6. The second kappa shape index (κ2) is 21.0. The molecule has 0 unspecified atom stereocenters. The lowest BCUT2D eigenvalue weighted by molar-refractivity contribution is -0.432. The fourth-order valence-electron chi connectivity index (χ4n) is 8.36. The van der Waals surface area contributed by atoms with Crippen molar-refractivity contribution in [3.8, 4) is 11.8 Å². The highest BCUT2D eigenvalue weighted by atomic mass is 32.2. The fourth-order valence-corrected chi connectivity index (χ4v) is 10.7. The van der Waals surface area contributed by atoms with Gasteiger partial charge in [-0.25, -0.2) is 5.26 Å². The molecule has 9 aromatic rings. The number of fused-ring (bicyclic) bond motifs is 5. The molecular formula is C49H33N9O16S4. The van der Waals surface area contributed by atoms with Crippen molar-refractivity contribution < 1.29 is 73.0 Å². The van der Waals surface area contributed by atoms with Gasteiger partial charge in [0.25, 0.3) is 30.4 Å². The smallest absolute Gasteiger partial charge is 0.320 e. The van der Waals surface area contributed by atoms with Crippen molar-refractivity contribution >= 4 is 127 Å². The number of carbonyl (C=O) groups excluding carboxylic acids is 2. The Morgan fingerprint density at radius 2 is 1.23 bits per heavy atom. The van der Waals surface area contributed by atoms with E-state index in [1.165, 1.54) is 72.8 Å². The quantitative estimate of drug-likeness (QED) is 0.0111. The molecule has 1 aromatic heterocycles. The summed E-state index contributed by atoms with van der Waals surface area (Å²) >= 11 is 0.415. The second-order valence-corrected chi connectivity index (χ2v) is 21.5. The molecule has 0 amide bonds. The van der Waals surface area contributed by atoms with Gasteiger partial charge in [-0.2, -0.15) is 45.3 Å². The summed E-state index contributed by atoms with van der Waals surface area (Å²) in [7, 11) is -14.3. The normalized spacial score (nSPS) is 12.9. The molecule has 1 aliphatic rings. The maximum atomic E-state index is 13.4. The maximum Gasteiger partial charge on any atom is 0.320 e. The number of anilines is 3. The second-order valence-electron chi connectivity index (χ2n) is 16.6. The number of hydrogen-bond acceptors (Lipinski definition) is 23. The van der Waals surface area contributed by atoms with Crippen LogP contribution in [0.4, 0.5) is 40.3 Å². The summed E-state index contributed by atoms with van der Waals surface area (Å²) < 4.78 is 115. The lowest BCUT2D eigenvalue weighted by Crippen LogP contribution is -2.22. The first-order valence-corrected chi connectivity index (χ1v) is 27.3. The average molecular weight is 1130 g/mol. The molecule has 1 heterocycles. The number of rotatable bonds is 17. The van der Waals surface area contributed by atoms with Crippen molar-refractivity contribution in [3.63, 3.8) is 0 Å². The number of azo groups is 2. The molecule has 0 atom stereocenters. The van der Waals surface area contributed by atoms with E-state index >= 15 is 0 Å². The summed E-state index contributed by atoms with van der Waals surface area (Å²) in [6.45, 7) is -0.118. The lowest BCUT2D eigenvalue weighted by Gasteiger charge is -2.20. The molecule has 0 fully saturated rings. The number of hydrogen-bond donors (Lipinski definition) is 7. The van der Waals surface area contributed by atoms with Crippen molar-refractivity contribution in [1.82, 2.24) is 15.0 Å². The van der Waals surface area contributed by atoms with E-state index in [0.29, 0.717) is 17.4 Å². The van der Waals surface area contributed by atoms with Crippen LogP contribution >= 0.6 is 12.0 Å². The Bertz CT molecular complexity index is 4410. The number of aromatic hydroxyl groups is 1. The number of benzene rings is 8. The minimum atomic E-state index is -5.02. The van der Waals surface area contributed by atoms with E-state index in [4.69, 9.17) is 9.99 Å². The van der Waals surface area contributed by atoms with Gasteiger partial charge in [0.15, 0.2) is 11.6 Å². The Balaban J connectivity index is 0.936. The Morgan fingerprint density at radius 1 is 0.564 bits per heavy atom. The molecule has 394 valence electrons. The van der Waals surface area contributed by atoms with Crippen LogP contribution in [0.2, 0.25) is 0 Å². The third kappa shape index (κ3) is 10.9. The van der Waals surface area contributed by atoms with Crippen molar-refractivity contribution in [2.45, 2.75) is 19.6 Å². The van der Waals surface area contributed by atoms with Gasteiger partial charge in [-0.05, 0) is 89.0 Å². The third-order valence-corrected chi connectivity index (χ3v) is 15.0. The largest absolute Gasteiger partial charge is 0.491 e. The molecule has 10 rings (SSSR count). The molecule has 78 heavy (non-hydrogen) atoms. The van der Waals surface area contributed by atoms with Crippen molar-refractivity contribution in [1.29, 1.82) is 0 Å². The highest BCUT2D eigenvalue weighted by Gasteiger charge is 2.32. The zero-order chi connectivity index (χ0) is 55.1. The number of carbonyl (C=O) groups is 2. The van der Waals surface area contributed by atoms with Gasteiger partial charge >= 0.3 is 6.01 Å². The number of nitrogens with zero attached hydrogens (tertiary/aromatic N) is 7. The SMILES string of the molecule is O=C1c2ccccc2C(=O)c2c(OCCNc3nc(O)nc(Nc4cc5cc(N=Nc6ccc(N=Nc7ccc8c(S(=O)(=O)O)cccc8c7)c7ccc(S(=O)(=O)O)cc67)c(SOOO)cc5cc4S(=O)(=O)O)n3)cccc21. The molecular weight excluding hydrogens is 1100 g/mol. The van der Waals surface area contributed by atoms with Crippen LogP contribution in [-0.4, -0.2) is 88.9 Å². The van der Waals surface area contributed by atoms with E-state index in [1.54, 1.807) is 42.5 Å². The standard InChI is InChI=1S/C49H33N9O16S4/c59-45-32-6-1-2-7-33(32)46(60)44-34(45)8-4-9-40(44)72-18-17-50-47-52-48(54-49(61)53-47)51-39-21-26-20-38(41(75-74-73-62)22-27(26)23-43(39)78(69,70)71)58-57-37-16-15-36(31-14-12-29(24-35(31)37)76(63,64)65)56-55-28-11-13-30-25(19-28)5-3-10-42(30)77(66,67)68/h1-16,19-24,62H,17-18H2,(H,63,64,65)(H,66,67,68)(H,69,70,71)(H3,50,51,52,53,54,61). The molecule has 0 spiro atoms. The first-order chi connectivity index (χ1) is 37.2. The van der Waals surface area contributed by atoms with E-state index in [-0.39, 0.29) is 124 Å². The average Bonchev–Trinajstić information content (AvgIpc) is 3.59. The van der Waals surface area contributed by atoms with Gasteiger partial charge < -0.3 is 20.5 Å². The summed E-state index contributed by atoms with van der Waals surface area (Å²) in [6.07, 6.45) is 0. The van der Waals surface area contributed by atoms with E-state index in [2.05, 4.69) is 55.4 Å². The summed E-state index contributed by atoms with van der Waals surface area (Å²) in [5.41, 5.74) is 0.991. The van der Waals surface area contributed by atoms with Crippen LogP contribution < -0.4 is 15.4 Å². The Labute approximate surface area is 443 Å². The Morgan fingerprint density at radius 3 is 1.97 bits per heavy atom. The molecule has 0 radical (unpaired) electrons. The maximum absolute atomic E-state index is 13.4. The lowest BCUT2D eigenvalue weighted by atomic mass is 9.83. The number of ether oxygens (including phenoxy) is 1. The van der Waals surface area contributed by atoms with Crippen LogP contribution in [0.15, 0.2) is 173 Å². The molecule has 0 saturated heterocycles. The fraction of sp³-hybridized carbons (Fsp3) is 0.0408. The topological polar surface area (TPSA) is 378 Å². The van der Waals surface area contributed by atoms with E-state index < -0.39 is 52.1 Å². The highest BCUT2D eigenvalue weighted by Crippen LogP contribution is 2.42. The predicted octanol–water partition coefficient (Wildman–Crippen LogP) is 10.0. The monoisotopic (exact) mass is 1130 g/mol. The number of ketones is 2. The number of nitrogens with one attached hydrogen (secondary N) is 2. The number of aromatic nitrogens is 3. The summed E-state index contributed by atoms with van der Waals surface area (Å²) in [4.78, 5) is 37.0. The molecule has 0 bridgehead atoms. The summed E-state index contributed by atoms with van der Waals surface area (Å²) in [5, 5.41) is 47.6. The Kier molecular flexibility index (Phi) is 14.2. The Hall–Kier alpha value is -8.75. The highest BCUT2D eigenvalue weighted by molar-refractivity contribution is 7.94. The van der Waals surface area contributed by atoms with Gasteiger partial charge in [0, 0.05) is 32.8 Å². The molecule has 0 saturated carbocycles. The van der Waals surface area contributed by atoms with Crippen molar-refractivity contribution in [2.24, 2.45) is 20.5 Å². The van der Waals surface area contributed by atoms with Gasteiger partial charge in [-0.3, -0.25) is 23.2 Å². The minimum Gasteiger partial charge on any atom is -0.491 e. The van der Waals surface area contributed by atoms with Crippen LogP contribution in [0.1, 0.15) is 31.8 Å². The van der Waals surface area contributed by atoms with Crippen LogP contribution in [0.3, 0.4) is 0 Å². The van der Waals surface area contributed by atoms with E-state index in [0.717, 1.165) is 18.2 Å². The van der Waals surface area contributed by atoms with Gasteiger partial charge in [-0.1, -0.05) is 65.7 Å². The van der Waals surface area contributed by atoms with Crippen LogP contribution in [0, 0.1) is 0 Å². The molecule has 0 aliphatic heterocycles. The minimum absolute atomic E-state index is 0.0188. The van der Waals surface area contributed by atoms with Gasteiger partial charge in [0.2, 0.25) is 11.9 Å². The first kappa shape index (κ1) is 52.7. The molecule has 25 nitrogen and oxygen atoms in total. The third-order valence-electron chi connectivity index (χ3n) is 11.8. The van der Waals surface area contributed by atoms with Crippen LogP contribution in [0.5, 0.6) is 11.8 Å².